The van der Waals surface area contributed by atoms with Gasteiger partial charge in [0.2, 0.25) is 0 Å². The van der Waals surface area contributed by atoms with Gasteiger partial charge in [0.05, 0.1) is 12.7 Å². The molecule has 0 bridgehead atoms. The number of ether oxygens (including phenoxy) is 1. The van der Waals surface area contributed by atoms with Gasteiger partial charge in [-0.15, -0.1) is 11.3 Å². The highest BCUT2D eigenvalue weighted by molar-refractivity contribution is 7.10. The molecule has 1 aliphatic rings. The first-order valence-corrected chi connectivity index (χ1v) is 9.47. The topological polar surface area (TPSA) is 70.7 Å². The zero-order valence-corrected chi connectivity index (χ0v) is 15.8. The molecule has 0 saturated heterocycles. The van der Waals surface area contributed by atoms with E-state index >= 15 is 0 Å². The van der Waals surface area contributed by atoms with Crippen LogP contribution in [0.3, 0.4) is 0 Å². The number of hydrogen-bond acceptors (Lipinski definition) is 5. The maximum atomic E-state index is 12.1. The number of benzene rings is 1. The van der Waals surface area contributed by atoms with Crippen LogP contribution in [0.1, 0.15) is 27.7 Å². The van der Waals surface area contributed by atoms with Gasteiger partial charge in [-0.25, -0.2) is 9.59 Å². The number of urea groups is 1. The number of fused-ring (bicyclic) bond motifs is 1. The molecule has 6 nitrogen and oxygen atoms in total. The van der Waals surface area contributed by atoms with Gasteiger partial charge in [0.1, 0.15) is 0 Å². The molecule has 3 rings (SSSR count). The molecule has 0 saturated carbocycles. The number of carbonyl (C=O) groups excluding carboxylic acids is 2. The molecule has 0 aliphatic carbocycles. The zero-order valence-electron chi connectivity index (χ0n) is 15.0. The van der Waals surface area contributed by atoms with Gasteiger partial charge in [-0.1, -0.05) is 0 Å². The molecule has 0 fully saturated rings. The van der Waals surface area contributed by atoms with E-state index in [0.29, 0.717) is 17.8 Å². The Balaban J connectivity index is 1.46. The largest absolute Gasteiger partial charge is 0.465 e. The van der Waals surface area contributed by atoms with Gasteiger partial charge in [-0.3, -0.25) is 4.90 Å². The first-order valence-electron chi connectivity index (χ1n) is 8.59. The van der Waals surface area contributed by atoms with E-state index in [1.807, 2.05) is 11.3 Å². The summed E-state index contributed by atoms with van der Waals surface area (Å²) in [6.07, 6.45) is 1.08. The van der Waals surface area contributed by atoms with Crippen LogP contribution in [-0.4, -0.2) is 43.1 Å². The number of carbonyl (C=O) groups is 2. The summed E-state index contributed by atoms with van der Waals surface area (Å²) in [5.74, 6) is -0.398. The minimum absolute atomic E-state index is 0.254. The first kappa shape index (κ1) is 18.4. The van der Waals surface area contributed by atoms with Crippen LogP contribution in [0.5, 0.6) is 0 Å². The van der Waals surface area contributed by atoms with Gasteiger partial charge in [0.25, 0.3) is 0 Å². The van der Waals surface area contributed by atoms with E-state index in [9.17, 15) is 9.59 Å². The highest BCUT2D eigenvalue weighted by Crippen LogP contribution is 2.24. The lowest BCUT2D eigenvalue weighted by atomic mass is 10.1. The number of thiophene rings is 1. The zero-order chi connectivity index (χ0) is 18.5. The Hall–Kier alpha value is -2.38. The minimum Gasteiger partial charge on any atom is -0.465 e. The van der Waals surface area contributed by atoms with Crippen molar-refractivity contribution in [3.8, 4) is 0 Å². The van der Waals surface area contributed by atoms with Crippen molar-refractivity contribution in [3.05, 3.63) is 51.7 Å². The Morgan fingerprint density at radius 3 is 2.77 bits per heavy atom. The van der Waals surface area contributed by atoms with Crippen molar-refractivity contribution in [2.45, 2.75) is 25.9 Å². The van der Waals surface area contributed by atoms with E-state index in [1.165, 1.54) is 17.6 Å². The third kappa shape index (κ3) is 4.42. The minimum atomic E-state index is -0.398. The number of rotatable bonds is 5. The summed E-state index contributed by atoms with van der Waals surface area (Å²) < 4.78 is 4.65. The molecular weight excluding hydrogens is 350 g/mol. The summed E-state index contributed by atoms with van der Waals surface area (Å²) in [5.41, 5.74) is 2.48. The van der Waals surface area contributed by atoms with E-state index < -0.39 is 5.97 Å². The van der Waals surface area contributed by atoms with Crippen LogP contribution in [-0.2, 0) is 17.7 Å². The maximum absolute atomic E-state index is 12.1. The second-order valence-corrected chi connectivity index (χ2v) is 7.34. The Morgan fingerprint density at radius 1 is 1.27 bits per heavy atom. The quantitative estimate of drug-likeness (QED) is 0.790. The molecule has 0 radical (unpaired) electrons. The van der Waals surface area contributed by atoms with E-state index in [4.69, 9.17) is 0 Å². The molecule has 2 amide bonds. The predicted molar refractivity (Wildman–Crippen MR) is 103 cm³/mol. The molecule has 26 heavy (non-hydrogen) atoms. The van der Waals surface area contributed by atoms with E-state index in [2.05, 4.69) is 38.6 Å². The molecule has 2 aromatic rings. The van der Waals surface area contributed by atoms with Crippen molar-refractivity contribution < 1.29 is 14.3 Å². The van der Waals surface area contributed by atoms with Crippen molar-refractivity contribution in [1.82, 2.24) is 10.2 Å². The van der Waals surface area contributed by atoms with Gasteiger partial charge in [0.15, 0.2) is 0 Å². The van der Waals surface area contributed by atoms with Gasteiger partial charge in [-0.2, -0.15) is 0 Å². The third-order valence-corrected chi connectivity index (χ3v) is 5.61. The van der Waals surface area contributed by atoms with Crippen LogP contribution in [0, 0.1) is 0 Å². The molecule has 1 aliphatic heterocycles. The summed E-state index contributed by atoms with van der Waals surface area (Å²) >= 11 is 1.83. The molecule has 1 atom stereocenters. The van der Waals surface area contributed by atoms with Crippen LogP contribution in [0.4, 0.5) is 10.5 Å². The fraction of sp³-hybridized carbons (Fsp3) is 0.368. The second kappa shape index (κ2) is 8.33. The molecule has 1 aromatic heterocycles. The lowest BCUT2D eigenvalue weighted by Crippen LogP contribution is -2.45. The van der Waals surface area contributed by atoms with Crippen molar-refractivity contribution in [2.75, 3.05) is 25.5 Å². The second-order valence-electron chi connectivity index (χ2n) is 6.34. The average Bonchev–Trinajstić information content (AvgIpc) is 3.13. The van der Waals surface area contributed by atoms with Crippen LogP contribution in [0.15, 0.2) is 35.7 Å². The van der Waals surface area contributed by atoms with Gasteiger partial charge in [0, 0.05) is 36.2 Å². The number of methoxy groups -OCH3 is 1. The fourth-order valence-electron chi connectivity index (χ4n) is 3.00. The number of esters is 1. The molecule has 2 N–H and O–H groups in total. The smallest absolute Gasteiger partial charge is 0.337 e. The fourth-order valence-corrected chi connectivity index (χ4v) is 3.89. The van der Waals surface area contributed by atoms with E-state index in [-0.39, 0.29) is 12.1 Å². The predicted octanol–water partition coefficient (Wildman–Crippen LogP) is 3.10. The molecule has 2 heterocycles. The average molecular weight is 373 g/mol. The Morgan fingerprint density at radius 2 is 2.04 bits per heavy atom. The van der Waals surface area contributed by atoms with Crippen LogP contribution < -0.4 is 10.6 Å². The lowest BCUT2D eigenvalue weighted by Gasteiger charge is -2.32. The van der Waals surface area contributed by atoms with Crippen LogP contribution in [0.25, 0.3) is 0 Å². The van der Waals surface area contributed by atoms with Crippen LogP contribution in [0.2, 0.25) is 0 Å². The van der Waals surface area contributed by atoms with Crippen molar-refractivity contribution in [2.24, 2.45) is 0 Å². The summed E-state index contributed by atoms with van der Waals surface area (Å²) in [4.78, 5) is 27.4. The SMILES string of the molecule is COC(=O)c1ccc(NC(=O)NC[C@H](C)N2CCc3sccc3C2)cc1. The normalized spacial score (nSPS) is 15.0. The van der Waals surface area contributed by atoms with E-state index in [1.54, 1.807) is 24.3 Å². The van der Waals surface area contributed by atoms with Gasteiger partial charge in [-0.05, 0) is 54.6 Å². The number of hydrogen-bond donors (Lipinski definition) is 2. The van der Waals surface area contributed by atoms with E-state index in [0.717, 1.165) is 19.5 Å². The lowest BCUT2D eigenvalue weighted by molar-refractivity contribution is 0.0601. The van der Waals surface area contributed by atoms with Crippen molar-refractivity contribution in [1.29, 1.82) is 0 Å². The highest BCUT2D eigenvalue weighted by Gasteiger charge is 2.21. The Kier molecular flexibility index (Phi) is 5.90. The summed E-state index contributed by atoms with van der Waals surface area (Å²) in [7, 11) is 1.34. The van der Waals surface area contributed by atoms with Crippen molar-refractivity contribution >= 4 is 29.0 Å². The third-order valence-electron chi connectivity index (χ3n) is 4.58. The van der Waals surface area contributed by atoms with Crippen molar-refractivity contribution in [3.63, 3.8) is 0 Å². The standard InChI is InChI=1S/C19H23N3O3S/c1-13(22-9-7-17-15(12-22)8-10-26-17)11-20-19(24)21-16-5-3-14(4-6-16)18(23)25-2/h3-6,8,10,13H,7,9,11-12H2,1-2H3,(H2,20,21,24)/t13-/m0/s1. The van der Waals surface area contributed by atoms with Gasteiger partial charge >= 0.3 is 12.0 Å². The summed E-state index contributed by atoms with van der Waals surface area (Å²) in [6.45, 7) is 4.67. The molecule has 1 aromatic carbocycles. The molecular formula is C19H23N3O3S. The Bertz CT molecular complexity index is 773. The number of amides is 2. The Labute approximate surface area is 157 Å². The number of nitrogens with one attached hydrogen (secondary N) is 2. The molecule has 0 spiro atoms. The first-order chi connectivity index (χ1) is 12.6. The number of anilines is 1. The van der Waals surface area contributed by atoms with Gasteiger partial charge < -0.3 is 15.4 Å². The maximum Gasteiger partial charge on any atom is 0.337 e. The summed E-state index contributed by atoms with van der Waals surface area (Å²) in [6, 6.07) is 8.80. The monoisotopic (exact) mass is 373 g/mol. The summed E-state index contributed by atoms with van der Waals surface area (Å²) in [5, 5.41) is 7.84. The van der Waals surface area contributed by atoms with Crippen LogP contribution >= 0.6 is 11.3 Å². The highest BCUT2D eigenvalue weighted by atomic mass is 32.1. The molecule has 7 heteroatoms. The molecule has 0 unspecified atom stereocenters. The number of nitrogens with zero attached hydrogens (tertiary/aromatic N) is 1. The molecule has 138 valence electrons.